The highest BCUT2D eigenvalue weighted by molar-refractivity contribution is 9.09. The maximum absolute atomic E-state index is 5.61. The van der Waals surface area contributed by atoms with Gasteiger partial charge in [0.2, 0.25) is 0 Å². The number of alkyl halides is 1. The normalized spacial score (nSPS) is 36.0. The largest absolute Gasteiger partial charge is 0.355 e. The molecule has 0 aromatic carbocycles. The standard InChI is InChI=1S/C8H15BrO2/c1-8(2)4-6(5-9)11-7(8)10-3/h6-7H,4-5H2,1-3H3/t6-,7-/m0/s1. The zero-order chi connectivity index (χ0) is 8.48. The van der Waals surface area contributed by atoms with Crippen molar-refractivity contribution in [3.63, 3.8) is 0 Å². The summed E-state index contributed by atoms with van der Waals surface area (Å²) in [5, 5.41) is 0.899. The fourth-order valence-corrected chi connectivity index (χ4v) is 1.94. The van der Waals surface area contributed by atoms with Gasteiger partial charge in [0.25, 0.3) is 0 Å². The van der Waals surface area contributed by atoms with Crippen molar-refractivity contribution >= 4 is 15.9 Å². The average molecular weight is 223 g/mol. The number of ether oxygens (including phenoxy) is 2. The Morgan fingerprint density at radius 2 is 2.27 bits per heavy atom. The maximum Gasteiger partial charge on any atom is 0.162 e. The molecule has 3 heteroatoms. The molecular weight excluding hydrogens is 208 g/mol. The smallest absolute Gasteiger partial charge is 0.162 e. The Morgan fingerprint density at radius 3 is 2.55 bits per heavy atom. The summed E-state index contributed by atoms with van der Waals surface area (Å²) in [5.74, 6) is 0. The van der Waals surface area contributed by atoms with E-state index in [0.29, 0.717) is 6.10 Å². The van der Waals surface area contributed by atoms with Crippen LogP contribution in [0.3, 0.4) is 0 Å². The number of rotatable bonds is 2. The van der Waals surface area contributed by atoms with Gasteiger partial charge >= 0.3 is 0 Å². The second kappa shape index (κ2) is 3.42. The number of hydrogen-bond donors (Lipinski definition) is 0. The summed E-state index contributed by atoms with van der Waals surface area (Å²) in [4.78, 5) is 0. The van der Waals surface area contributed by atoms with Crippen LogP contribution in [0.25, 0.3) is 0 Å². The van der Waals surface area contributed by atoms with Crippen molar-refractivity contribution in [1.29, 1.82) is 0 Å². The van der Waals surface area contributed by atoms with Crippen LogP contribution < -0.4 is 0 Å². The lowest BCUT2D eigenvalue weighted by atomic mass is 9.89. The van der Waals surface area contributed by atoms with Gasteiger partial charge in [0.1, 0.15) is 0 Å². The van der Waals surface area contributed by atoms with E-state index < -0.39 is 0 Å². The third-order valence-corrected chi connectivity index (χ3v) is 2.82. The number of halogens is 1. The fourth-order valence-electron chi connectivity index (χ4n) is 1.56. The van der Waals surface area contributed by atoms with E-state index >= 15 is 0 Å². The van der Waals surface area contributed by atoms with E-state index in [9.17, 15) is 0 Å². The van der Waals surface area contributed by atoms with E-state index in [0.717, 1.165) is 11.8 Å². The van der Waals surface area contributed by atoms with Gasteiger partial charge in [-0.05, 0) is 6.42 Å². The molecule has 0 saturated carbocycles. The lowest BCUT2D eigenvalue weighted by molar-refractivity contribution is -0.146. The van der Waals surface area contributed by atoms with Crippen LogP contribution in [0, 0.1) is 5.41 Å². The summed E-state index contributed by atoms with van der Waals surface area (Å²) < 4.78 is 10.8. The van der Waals surface area contributed by atoms with E-state index in [1.807, 2.05) is 0 Å². The third kappa shape index (κ3) is 1.95. The molecule has 0 radical (unpaired) electrons. The minimum absolute atomic E-state index is 0.0370. The van der Waals surface area contributed by atoms with Gasteiger partial charge in [0.05, 0.1) is 6.10 Å². The Bertz CT molecular complexity index is 136. The number of methoxy groups -OCH3 is 1. The van der Waals surface area contributed by atoms with Crippen LogP contribution in [0.2, 0.25) is 0 Å². The van der Waals surface area contributed by atoms with Crippen molar-refractivity contribution in [1.82, 2.24) is 0 Å². The molecule has 2 atom stereocenters. The average Bonchev–Trinajstić information content (AvgIpc) is 2.24. The lowest BCUT2D eigenvalue weighted by Crippen LogP contribution is -2.25. The van der Waals surface area contributed by atoms with Crippen LogP contribution in [0.15, 0.2) is 0 Å². The van der Waals surface area contributed by atoms with Crippen LogP contribution in [0.5, 0.6) is 0 Å². The van der Waals surface area contributed by atoms with Crippen LogP contribution >= 0.6 is 15.9 Å². The van der Waals surface area contributed by atoms with Gasteiger partial charge in [-0.1, -0.05) is 29.8 Å². The lowest BCUT2D eigenvalue weighted by Gasteiger charge is -2.22. The summed E-state index contributed by atoms with van der Waals surface area (Å²) >= 11 is 3.40. The predicted octanol–water partition coefficient (Wildman–Crippen LogP) is 2.17. The zero-order valence-electron chi connectivity index (χ0n) is 7.26. The number of hydrogen-bond acceptors (Lipinski definition) is 2. The van der Waals surface area contributed by atoms with Gasteiger partial charge < -0.3 is 9.47 Å². The molecule has 1 saturated heterocycles. The molecule has 0 N–H and O–H groups in total. The van der Waals surface area contributed by atoms with E-state index in [1.165, 1.54) is 0 Å². The van der Waals surface area contributed by atoms with Crippen LogP contribution in [0.1, 0.15) is 20.3 Å². The van der Waals surface area contributed by atoms with Crippen molar-refractivity contribution in [2.45, 2.75) is 32.7 Å². The molecule has 0 amide bonds. The Kier molecular flexibility index (Phi) is 2.95. The topological polar surface area (TPSA) is 18.5 Å². The van der Waals surface area contributed by atoms with Crippen molar-refractivity contribution in [2.75, 3.05) is 12.4 Å². The third-order valence-electron chi connectivity index (χ3n) is 2.09. The summed E-state index contributed by atoms with van der Waals surface area (Å²) in [6.45, 7) is 4.34. The van der Waals surface area contributed by atoms with Crippen molar-refractivity contribution < 1.29 is 9.47 Å². The Labute approximate surface area is 76.4 Å². The summed E-state index contributed by atoms with van der Waals surface area (Å²) in [7, 11) is 1.70. The summed E-state index contributed by atoms with van der Waals surface area (Å²) in [5.41, 5.74) is 0.160. The summed E-state index contributed by atoms with van der Waals surface area (Å²) in [6, 6.07) is 0. The van der Waals surface area contributed by atoms with Crippen molar-refractivity contribution in [3.8, 4) is 0 Å². The molecule has 11 heavy (non-hydrogen) atoms. The molecule has 1 fully saturated rings. The Balaban J connectivity index is 2.55. The second-order valence-corrected chi connectivity index (χ2v) is 4.32. The van der Waals surface area contributed by atoms with E-state index in [1.54, 1.807) is 7.11 Å². The van der Waals surface area contributed by atoms with Crippen LogP contribution in [-0.4, -0.2) is 24.8 Å². The first-order chi connectivity index (χ1) is 5.10. The van der Waals surface area contributed by atoms with Gasteiger partial charge in [-0.2, -0.15) is 0 Å². The monoisotopic (exact) mass is 222 g/mol. The second-order valence-electron chi connectivity index (χ2n) is 3.67. The molecule has 0 aliphatic carbocycles. The molecule has 2 nitrogen and oxygen atoms in total. The molecule has 66 valence electrons. The van der Waals surface area contributed by atoms with Gasteiger partial charge in [0.15, 0.2) is 6.29 Å². The van der Waals surface area contributed by atoms with Gasteiger partial charge in [-0.25, -0.2) is 0 Å². The molecule has 0 unspecified atom stereocenters. The van der Waals surface area contributed by atoms with E-state index in [4.69, 9.17) is 9.47 Å². The highest BCUT2D eigenvalue weighted by Crippen LogP contribution is 2.38. The molecule has 1 rings (SSSR count). The molecule has 1 aliphatic rings. The van der Waals surface area contributed by atoms with Gasteiger partial charge in [-0.15, -0.1) is 0 Å². The highest BCUT2D eigenvalue weighted by Gasteiger charge is 2.41. The molecule has 0 aromatic rings. The zero-order valence-corrected chi connectivity index (χ0v) is 8.85. The quantitative estimate of drug-likeness (QED) is 0.668. The summed E-state index contributed by atoms with van der Waals surface area (Å²) in [6.07, 6.45) is 1.34. The molecule has 0 spiro atoms. The minimum Gasteiger partial charge on any atom is -0.355 e. The van der Waals surface area contributed by atoms with Gasteiger partial charge in [-0.3, -0.25) is 0 Å². The highest BCUT2D eigenvalue weighted by atomic mass is 79.9. The Hall–Kier alpha value is 0.400. The molecule has 0 bridgehead atoms. The van der Waals surface area contributed by atoms with E-state index in [-0.39, 0.29) is 11.7 Å². The molecule has 0 aromatic heterocycles. The van der Waals surface area contributed by atoms with E-state index in [2.05, 4.69) is 29.8 Å². The molecular formula is C8H15BrO2. The first-order valence-electron chi connectivity index (χ1n) is 3.84. The first kappa shape index (κ1) is 9.49. The molecule has 1 aliphatic heterocycles. The van der Waals surface area contributed by atoms with Crippen molar-refractivity contribution in [2.24, 2.45) is 5.41 Å². The first-order valence-corrected chi connectivity index (χ1v) is 4.96. The Morgan fingerprint density at radius 1 is 1.64 bits per heavy atom. The van der Waals surface area contributed by atoms with Crippen LogP contribution in [-0.2, 0) is 9.47 Å². The minimum atomic E-state index is -0.0370. The van der Waals surface area contributed by atoms with Gasteiger partial charge in [0, 0.05) is 17.9 Å². The molecule has 1 heterocycles. The SMILES string of the molecule is CO[C@H]1O[C@H](CBr)CC1(C)C. The fraction of sp³-hybridized carbons (Fsp3) is 1.00. The van der Waals surface area contributed by atoms with Crippen molar-refractivity contribution in [3.05, 3.63) is 0 Å². The predicted molar refractivity (Wildman–Crippen MR) is 47.9 cm³/mol. The maximum atomic E-state index is 5.61. The van der Waals surface area contributed by atoms with Crippen LogP contribution in [0.4, 0.5) is 0 Å².